The van der Waals surface area contributed by atoms with Crippen molar-refractivity contribution in [2.45, 2.75) is 80.1 Å². The van der Waals surface area contributed by atoms with Crippen molar-refractivity contribution in [2.75, 3.05) is 5.32 Å². The number of hydrogen-bond donors (Lipinski definition) is 2. The lowest BCUT2D eigenvalue weighted by molar-refractivity contribution is -0.108. The summed E-state index contributed by atoms with van der Waals surface area (Å²) in [6, 6.07) is 7.26. The smallest absolute Gasteiger partial charge is 0.227 e. The molecule has 0 saturated carbocycles. The minimum atomic E-state index is -0.0423. The Hall–Kier alpha value is -3.65. The van der Waals surface area contributed by atoms with E-state index in [0.29, 0.717) is 16.7 Å². The van der Waals surface area contributed by atoms with E-state index >= 15 is 0 Å². The molecule has 0 amide bonds. The lowest BCUT2D eigenvalue weighted by Crippen LogP contribution is -1.99. The number of anilines is 2. The quantitative estimate of drug-likeness (QED) is 0.106. The monoisotopic (exact) mass is 555 g/mol. The Bertz CT molecular complexity index is 1200. The van der Waals surface area contributed by atoms with Crippen molar-refractivity contribution in [1.82, 2.24) is 15.0 Å². The number of carbonyl (C=O) groups excluding carboxylic acids is 3. The molecule has 0 unspecified atom stereocenters. The Morgan fingerprint density at radius 2 is 1.87 bits per heavy atom. The van der Waals surface area contributed by atoms with Crippen molar-refractivity contribution in [3.63, 3.8) is 0 Å². The number of aromatic nitrogens is 3. The number of aldehydes is 1. The highest BCUT2D eigenvalue weighted by Crippen LogP contribution is 2.29. The summed E-state index contributed by atoms with van der Waals surface area (Å²) in [6.45, 7) is 13.6. The molecule has 0 atom stereocenters. The highest BCUT2D eigenvalue weighted by molar-refractivity contribution is 6.35. The molecule has 0 aliphatic heterocycles. The molecule has 0 fully saturated rings. The van der Waals surface area contributed by atoms with Gasteiger partial charge in [0.2, 0.25) is 5.95 Å². The summed E-state index contributed by atoms with van der Waals surface area (Å²) >= 11 is 6.36. The number of nitrogens with zero attached hydrogens (tertiary/aromatic N) is 3. The molecule has 3 aromatic rings. The second kappa shape index (κ2) is 21.3. The van der Waals surface area contributed by atoms with Gasteiger partial charge in [0.25, 0.3) is 0 Å². The van der Waals surface area contributed by atoms with Crippen molar-refractivity contribution < 1.29 is 14.4 Å². The molecule has 0 saturated heterocycles. The summed E-state index contributed by atoms with van der Waals surface area (Å²) in [5.41, 5.74) is 3.50. The zero-order valence-corrected chi connectivity index (χ0v) is 24.8. The van der Waals surface area contributed by atoms with E-state index in [4.69, 9.17) is 16.4 Å². The zero-order chi connectivity index (χ0) is 29.6. The lowest BCUT2D eigenvalue weighted by atomic mass is 10.2. The SMILES string of the molecule is C/C=C(\N=CCC)c1ccnc(Nc2cc(Cl)c3[nH]c(C(C)=O)cc3c2)n1.C=O.CC.CCCCCCC=O. The van der Waals surface area contributed by atoms with Gasteiger partial charge in [-0.1, -0.05) is 64.6 Å². The van der Waals surface area contributed by atoms with Crippen LogP contribution in [0.5, 0.6) is 0 Å². The van der Waals surface area contributed by atoms with Crippen LogP contribution in [0, 0.1) is 0 Å². The van der Waals surface area contributed by atoms with Gasteiger partial charge in [-0.05, 0) is 44.0 Å². The lowest BCUT2D eigenvalue weighted by Gasteiger charge is -2.08. The summed E-state index contributed by atoms with van der Waals surface area (Å²) in [6.07, 6.45) is 12.8. The van der Waals surface area contributed by atoms with E-state index in [-0.39, 0.29) is 5.78 Å². The third kappa shape index (κ3) is 12.6. The number of hydrogen-bond acceptors (Lipinski definition) is 7. The van der Waals surface area contributed by atoms with Crippen molar-refractivity contribution in [2.24, 2.45) is 4.99 Å². The van der Waals surface area contributed by atoms with Crippen LogP contribution in [0.15, 0.2) is 41.5 Å². The number of allylic oxidation sites excluding steroid dienone is 1. The third-order valence-electron chi connectivity index (χ3n) is 5.10. The van der Waals surface area contributed by atoms with Gasteiger partial charge in [0.05, 0.1) is 27.6 Å². The molecule has 39 heavy (non-hydrogen) atoms. The van der Waals surface area contributed by atoms with E-state index < -0.39 is 0 Å². The van der Waals surface area contributed by atoms with Gasteiger partial charge < -0.3 is 19.9 Å². The van der Waals surface area contributed by atoms with Crippen LogP contribution >= 0.6 is 11.6 Å². The number of unbranched alkanes of at least 4 members (excludes halogenated alkanes) is 4. The number of H-pyrrole nitrogens is 1. The summed E-state index contributed by atoms with van der Waals surface area (Å²) < 4.78 is 0. The van der Waals surface area contributed by atoms with Crippen LogP contribution in [0.4, 0.5) is 11.6 Å². The number of aromatic amines is 1. The molecule has 2 heterocycles. The highest BCUT2D eigenvalue weighted by Gasteiger charge is 2.10. The number of ketones is 1. The predicted octanol–water partition coefficient (Wildman–Crippen LogP) is 8.40. The maximum atomic E-state index is 11.6. The summed E-state index contributed by atoms with van der Waals surface area (Å²) in [5.74, 6) is 0.399. The standard InChI is InChI=1S/C20H20ClN5O.C7H14O.C2H6.CH2O/c1-4-7-22-16(5-2)17-6-8-23-20(26-17)24-14-9-13-10-18(12(3)27)25-19(13)15(21)11-14;1-2-3-4-5-6-7-8;2*1-2/h5-11,25H,4H2,1-3H3,(H,23,24,26);7H,2-6H2,1H3;1-2H3;1H2/b16-5-,22-7?;;;. The third-order valence-corrected chi connectivity index (χ3v) is 5.39. The fourth-order valence-corrected chi connectivity index (χ4v) is 3.56. The maximum Gasteiger partial charge on any atom is 0.227 e. The second-order valence-electron chi connectivity index (χ2n) is 7.96. The maximum absolute atomic E-state index is 11.6. The van der Waals surface area contributed by atoms with Crippen molar-refractivity contribution in [1.29, 1.82) is 0 Å². The topological polar surface area (TPSA) is 117 Å². The van der Waals surface area contributed by atoms with Crippen molar-refractivity contribution in [3.8, 4) is 0 Å². The van der Waals surface area contributed by atoms with E-state index in [0.717, 1.165) is 53.5 Å². The first kappa shape index (κ1) is 35.4. The summed E-state index contributed by atoms with van der Waals surface area (Å²) in [7, 11) is 0. The number of halogens is 1. The van der Waals surface area contributed by atoms with Gasteiger partial charge in [-0.15, -0.1) is 0 Å². The molecule has 1 aromatic carbocycles. The molecule has 0 aliphatic carbocycles. The van der Waals surface area contributed by atoms with Gasteiger partial charge in [0.1, 0.15) is 13.1 Å². The number of carbonyl (C=O) groups is 3. The summed E-state index contributed by atoms with van der Waals surface area (Å²) in [5, 5.41) is 4.52. The molecule has 3 rings (SSSR count). The van der Waals surface area contributed by atoms with Gasteiger partial charge in [-0.25, -0.2) is 9.97 Å². The van der Waals surface area contributed by atoms with Gasteiger partial charge in [-0.2, -0.15) is 0 Å². The molecule has 2 aromatic heterocycles. The number of aliphatic imine (C=N–C) groups is 1. The normalized spacial score (nSPS) is 10.5. The van der Waals surface area contributed by atoms with Crippen LogP contribution in [-0.4, -0.2) is 40.0 Å². The fourth-order valence-electron chi connectivity index (χ4n) is 3.29. The van der Waals surface area contributed by atoms with E-state index in [1.54, 1.807) is 18.3 Å². The molecule has 2 N–H and O–H groups in total. The van der Waals surface area contributed by atoms with Crippen LogP contribution in [0.25, 0.3) is 16.6 Å². The Morgan fingerprint density at radius 1 is 1.15 bits per heavy atom. The van der Waals surface area contributed by atoms with E-state index in [1.807, 2.05) is 58.9 Å². The van der Waals surface area contributed by atoms with Gasteiger partial charge in [0.15, 0.2) is 5.78 Å². The molecule has 0 bridgehead atoms. The highest BCUT2D eigenvalue weighted by atomic mass is 35.5. The minimum Gasteiger partial charge on any atom is -0.351 e. The number of benzene rings is 1. The molecule has 212 valence electrons. The van der Waals surface area contributed by atoms with Crippen molar-refractivity contribution in [3.05, 3.63) is 52.9 Å². The van der Waals surface area contributed by atoms with Gasteiger partial charge in [0, 0.05) is 36.8 Å². The van der Waals surface area contributed by atoms with Crippen molar-refractivity contribution >= 4 is 64.9 Å². The van der Waals surface area contributed by atoms with E-state index in [2.05, 4.69) is 32.2 Å². The van der Waals surface area contributed by atoms with E-state index in [1.165, 1.54) is 26.2 Å². The van der Waals surface area contributed by atoms with Crippen LogP contribution in [0.1, 0.15) is 96.2 Å². The average Bonchev–Trinajstić information content (AvgIpc) is 3.40. The fraction of sp³-hybridized carbons (Fsp3) is 0.400. The number of fused-ring (bicyclic) bond motifs is 1. The van der Waals surface area contributed by atoms with Crippen LogP contribution in [0.3, 0.4) is 0 Å². The minimum absolute atomic E-state index is 0.0423. The first-order valence-electron chi connectivity index (χ1n) is 13.3. The van der Waals surface area contributed by atoms with Crippen LogP contribution in [0.2, 0.25) is 5.02 Å². The Kier molecular flexibility index (Phi) is 19.3. The zero-order valence-electron chi connectivity index (χ0n) is 24.0. The number of Topliss-reactive ketones (excluding diaryl/α,β-unsaturated/α-hetero) is 1. The first-order valence-corrected chi connectivity index (χ1v) is 13.7. The molecule has 0 aliphatic rings. The van der Waals surface area contributed by atoms with E-state index in [9.17, 15) is 9.59 Å². The van der Waals surface area contributed by atoms with Crippen LogP contribution < -0.4 is 5.32 Å². The van der Waals surface area contributed by atoms with Gasteiger partial charge >= 0.3 is 0 Å². The molecule has 0 spiro atoms. The average molecular weight is 556 g/mol. The number of nitrogens with one attached hydrogen (secondary N) is 2. The number of rotatable bonds is 11. The largest absolute Gasteiger partial charge is 0.351 e. The summed E-state index contributed by atoms with van der Waals surface area (Å²) in [4.78, 5) is 45.6. The molecule has 0 radical (unpaired) electrons. The Balaban J connectivity index is 0.00000102. The molecular formula is C30H42ClN5O3. The molecule has 9 heteroatoms. The Labute approximate surface area is 237 Å². The Morgan fingerprint density at radius 3 is 2.46 bits per heavy atom. The van der Waals surface area contributed by atoms with Gasteiger partial charge in [-0.3, -0.25) is 9.79 Å². The second-order valence-corrected chi connectivity index (χ2v) is 8.37. The predicted molar refractivity (Wildman–Crippen MR) is 164 cm³/mol. The molecular weight excluding hydrogens is 514 g/mol. The van der Waals surface area contributed by atoms with Crippen LogP contribution in [-0.2, 0) is 9.59 Å². The first-order chi connectivity index (χ1) is 18.9. The molecule has 8 nitrogen and oxygen atoms in total.